The lowest BCUT2D eigenvalue weighted by molar-refractivity contribution is 0.227. The molecule has 0 aliphatic carbocycles. The fraction of sp³-hybridized carbons (Fsp3) is 0.200. The van der Waals surface area contributed by atoms with Crippen molar-refractivity contribution >= 4 is 5.69 Å². The van der Waals surface area contributed by atoms with Crippen LogP contribution < -0.4 is 10.1 Å². The predicted molar refractivity (Wildman–Crippen MR) is 67.6 cm³/mol. The standard InChI is InChI=1S/C15H13NO/c1-3-7-12-10(5-1)15-11-6-2-4-8-13(11)17-14(15)9-16-12/h1-8,14-16H,9H2/t14-,15-/m1/s1. The van der Waals surface area contributed by atoms with E-state index in [1.807, 2.05) is 6.07 Å². The monoisotopic (exact) mass is 223 g/mol. The van der Waals surface area contributed by atoms with Crippen molar-refractivity contribution in [3.8, 4) is 5.75 Å². The Morgan fingerprint density at radius 2 is 1.71 bits per heavy atom. The second-order valence-electron chi connectivity index (χ2n) is 4.64. The van der Waals surface area contributed by atoms with Gasteiger partial charge in [-0.3, -0.25) is 0 Å². The molecule has 2 nitrogen and oxygen atoms in total. The molecule has 2 heterocycles. The van der Waals surface area contributed by atoms with Crippen LogP contribution in [-0.2, 0) is 0 Å². The van der Waals surface area contributed by atoms with Gasteiger partial charge in [-0.2, -0.15) is 0 Å². The maximum atomic E-state index is 6.01. The summed E-state index contributed by atoms with van der Waals surface area (Å²) in [6.07, 6.45) is 0.238. The maximum Gasteiger partial charge on any atom is 0.127 e. The van der Waals surface area contributed by atoms with Crippen LogP contribution in [0.2, 0.25) is 0 Å². The van der Waals surface area contributed by atoms with Crippen LogP contribution in [0.4, 0.5) is 5.69 Å². The molecule has 0 aromatic heterocycles. The van der Waals surface area contributed by atoms with Crippen LogP contribution in [0, 0.1) is 0 Å². The molecule has 0 fully saturated rings. The van der Waals surface area contributed by atoms with Gasteiger partial charge in [0.1, 0.15) is 11.9 Å². The number of nitrogens with one attached hydrogen (secondary N) is 1. The topological polar surface area (TPSA) is 21.3 Å². The summed E-state index contributed by atoms with van der Waals surface area (Å²) in [5.74, 6) is 1.43. The molecule has 2 aromatic carbocycles. The van der Waals surface area contributed by atoms with Crippen molar-refractivity contribution in [2.45, 2.75) is 12.0 Å². The Kier molecular flexibility index (Phi) is 1.75. The molecule has 2 aromatic rings. The van der Waals surface area contributed by atoms with Crippen molar-refractivity contribution in [3.05, 3.63) is 59.7 Å². The summed E-state index contributed by atoms with van der Waals surface area (Å²) < 4.78 is 6.01. The second kappa shape index (κ2) is 3.27. The average molecular weight is 223 g/mol. The van der Waals surface area contributed by atoms with E-state index in [4.69, 9.17) is 4.74 Å². The highest BCUT2D eigenvalue weighted by molar-refractivity contribution is 5.61. The van der Waals surface area contributed by atoms with Gasteiger partial charge in [0.15, 0.2) is 0 Å². The third-order valence-electron chi connectivity index (χ3n) is 3.69. The van der Waals surface area contributed by atoms with Crippen molar-refractivity contribution in [2.24, 2.45) is 0 Å². The first-order chi connectivity index (χ1) is 8.43. The van der Waals surface area contributed by atoms with Gasteiger partial charge in [-0.05, 0) is 17.7 Å². The highest BCUT2D eigenvalue weighted by Gasteiger charge is 2.38. The molecule has 0 unspecified atom stereocenters. The van der Waals surface area contributed by atoms with E-state index in [9.17, 15) is 0 Å². The molecule has 0 amide bonds. The highest BCUT2D eigenvalue weighted by Crippen LogP contribution is 2.46. The van der Waals surface area contributed by atoms with Crippen molar-refractivity contribution < 1.29 is 4.74 Å². The highest BCUT2D eigenvalue weighted by atomic mass is 16.5. The van der Waals surface area contributed by atoms with E-state index in [0.29, 0.717) is 5.92 Å². The van der Waals surface area contributed by atoms with Crippen LogP contribution in [-0.4, -0.2) is 12.6 Å². The van der Waals surface area contributed by atoms with E-state index in [2.05, 4.69) is 47.8 Å². The zero-order valence-corrected chi connectivity index (χ0v) is 9.39. The molecule has 0 saturated carbocycles. The second-order valence-corrected chi connectivity index (χ2v) is 4.64. The Morgan fingerprint density at radius 1 is 0.941 bits per heavy atom. The number of rotatable bonds is 0. The number of ether oxygens (including phenoxy) is 1. The largest absolute Gasteiger partial charge is 0.487 e. The van der Waals surface area contributed by atoms with E-state index < -0.39 is 0 Å². The fourth-order valence-electron chi connectivity index (χ4n) is 2.94. The summed E-state index contributed by atoms with van der Waals surface area (Å²) in [7, 11) is 0. The van der Waals surface area contributed by atoms with Crippen LogP contribution in [0.3, 0.4) is 0 Å². The Morgan fingerprint density at radius 3 is 2.65 bits per heavy atom. The lowest BCUT2D eigenvalue weighted by atomic mass is 9.85. The Balaban J connectivity index is 1.92. The molecule has 17 heavy (non-hydrogen) atoms. The number of fused-ring (bicyclic) bond motifs is 5. The van der Waals surface area contributed by atoms with E-state index in [1.165, 1.54) is 16.8 Å². The first-order valence-corrected chi connectivity index (χ1v) is 6.02. The molecule has 2 atom stereocenters. The van der Waals surface area contributed by atoms with E-state index >= 15 is 0 Å². The molecule has 1 N–H and O–H groups in total. The Bertz CT molecular complexity index is 579. The van der Waals surface area contributed by atoms with Crippen LogP contribution >= 0.6 is 0 Å². The molecule has 2 aliphatic heterocycles. The van der Waals surface area contributed by atoms with Crippen molar-refractivity contribution in [1.29, 1.82) is 0 Å². The molecule has 2 aliphatic rings. The normalized spacial score (nSPS) is 24.0. The van der Waals surface area contributed by atoms with Gasteiger partial charge in [0.25, 0.3) is 0 Å². The van der Waals surface area contributed by atoms with Gasteiger partial charge < -0.3 is 10.1 Å². The minimum Gasteiger partial charge on any atom is -0.487 e. The summed E-state index contributed by atoms with van der Waals surface area (Å²) in [6.45, 7) is 0.885. The van der Waals surface area contributed by atoms with Gasteiger partial charge in [0, 0.05) is 11.3 Å². The molecule has 0 bridgehead atoms. The third kappa shape index (κ3) is 1.21. The van der Waals surface area contributed by atoms with Gasteiger partial charge in [0.05, 0.1) is 12.5 Å². The van der Waals surface area contributed by atoms with Gasteiger partial charge in [-0.15, -0.1) is 0 Å². The zero-order chi connectivity index (χ0) is 11.2. The number of hydrogen-bond acceptors (Lipinski definition) is 2. The maximum absolute atomic E-state index is 6.01. The molecule has 0 radical (unpaired) electrons. The molecule has 4 rings (SSSR count). The summed E-state index contributed by atoms with van der Waals surface area (Å²) >= 11 is 0. The fourth-order valence-corrected chi connectivity index (χ4v) is 2.94. The number of anilines is 1. The summed E-state index contributed by atoms with van der Waals surface area (Å²) in [5, 5.41) is 3.44. The number of benzene rings is 2. The predicted octanol–water partition coefficient (Wildman–Crippen LogP) is 3.01. The number of para-hydroxylation sites is 2. The first-order valence-electron chi connectivity index (χ1n) is 6.02. The summed E-state index contributed by atoms with van der Waals surface area (Å²) in [6, 6.07) is 16.9. The lowest BCUT2D eigenvalue weighted by Crippen LogP contribution is -2.33. The lowest BCUT2D eigenvalue weighted by Gasteiger charge is -2.28. The average Bonchev–Trinajstić information content (AvgIpc) is 2.77. The summed E-state index contributed by atoms with van der Waals surface area (Å²) in [5.41, 5.74) is 3.93. The van der Waals surface area contributed by atoms with Crippen molar-refractivity contribution in [2.75, 3.05) is 11.9 Å². The molecule has 2 heteroatoms. The van der Waals surface area contributed by atoms with Gasteiger partial charge in [-0.25, -0.2) is 0 Å². The molecule has 0 saturated heterocycles. The van der Waals surface area contributed by atoms with Crippen LogP contribution in [0.1, 0.15) is 17.0 Å². The number of hydrogen-bond donors (Lipinski definition) is 1. The third-order valence-corrected chi connectivity index (χ3v) is 3.69. The van der Waals surface area contributed by atoms with E-state index in [-0.39, 0.29) is 6.10 Å². The quantitative estimate of drug-likeness (QED) is 0.741. The van der Waals surface area contributed by atoms with Crippen LogP contribution in [0.25, 0.3) is 0 Å². The van der Waals surface area contributed by atoms with Crippen LogP contribution in [0.15, 0.2) is 48.5 Å². The molecule has 0 spiro atoms. The Labute approximate surface area is 100 Å². The van der Waals surface area contributed by atoms with E-state index in [1.54, 1.807) is 0 Å². The van der Waals surface area contributed by atoms with Crippen molar-refractivity contribution in [1.82, 2.24) is 0 Å². The zero-order valence-electron chi connectivity index (χ0n) is 9.39. The van der Waals surface area contributed by atoms with Gasteiger partial charge in [-0.1, -0.05) is 36.4 Å². The molecular formula is C15H13NO. The molecule has 84 valence electrons. The SMILES string of the molecule is c1ccc2c(c1)NC[C@H]1Oc3ccccc3[C@@H]21. The van der Waals surface area contributed by atoms with Crippen LogP contribution in [0.5, 0.6) is 5.75 Å². The van der Waals surface area contributed by atoms with E-state index in [0.717, 1.165) is 12.3 Å². The minimum atomic E-state index is 0.238. The Hall–Kier alpha value is -1.96. The van der Waals surface area contributed by atoms with Gasteiger partial charge >= 0.3 is 0 Å². The first kappa shape index (κ1) is 9.11. The molecular weight excluding hydrogens is 210 g/mol. The van der Waals surface area contributed by atoms with Crippen molar-refractivity contribution in [3.63, 3.8) is 0 Å². The smallest absolute Gasteiger partial charge is 0.127 e. The summed E-state index contributed by atoms with van der Waals surface area (Å²) in [4.78, 5) is 0. The minimum absolute atomic E-state index is 0.238. The van der Waals surface area contributed by atoms with Gasteiger partial charge in [0.2, 0.25) is 0 Å².